The van der Waals surface area contributed by atoms with E-state index in [0.717, 1.165) is 11.1 Å². The monoisotopic (exact) mass is 264 g/mol. The smallest absolute Gasteiger partial charge is 0.313 e. The summed E-state index contributed by atoms with van der Waals surface area (Å²) < 4.78 is 0. The Labute approximate surface area is 113 Å². The first-order valence-electron chi connectivity index (χ1n) is 6.06. The molecule has 0 saturated heterocycles. The number of benzene rings is 1. The maximum atomic E-state index is 11.7. The topological polar surface area (TPSA) is 78.4 Å². The van der Waals surface area contributed by atoms with E-state index in [4.69, 9.17) is 5.11 Å². The van der Waals surface area contributed by atoms with Crippen LogP contribution in [0, 0.1) is 13.8 Å². The lowest BCUT2D eigenvalue weighted by Gasteiger charge is -2.22. The number of carbonyl (C=O) groups is 2. The molecule has 0 aliphatic heterocycles. The van der Waals surface area contributed by atoms with Gasteiger partial charge in [-0.25, -0.2) is 0 Å². The van der Waals surface area contributed by atoms with E-state index in [1.807, 2.05) is 19.9 Å². The molecular weight excluding hydrogens is 244 g/mol. The molecule has 0 fully saturated rings. The van der Waals surface area contributed by atoms with Crippen LogP contribution in [0.1, 0.15) is 25.0 Å². The van der Waals surface area contributed by atoms with Crippen molar-refractivity contribution in [2.24, 2.45) is 0 Å². The highest BCUT2D eigenvalue weighted by Crippen LogP contribution is 2.13. The number of aliphatic hydroxyl groups excluding tert-OH is 1. The van der Waals surface area contributed by atoms with Crippen LogP contribution in [0.25, 0.3) is 0 Å². The highest BCUT2D eigenvalue weighted by atomic mass is 16.3. The lowest BCUT2D eigenvalue weighted by atomic mass is 10.1. The van der Waals surface area contributed by atoms with E-state index >= 15 is 0 Å². The molecule has 0 aliphatic carbocycles. The molecule has 19 heavy (non-hydrogen) atoms. The molecular formula is C14H20N2O3. The van der Waals surface area contributed by atoms with Crippen molar-refractivity contribution in [1.29, 1.82) is 0 Å². The number of nitrogens with one attached hydrogen (secondary N) is 2. The Morgan fingerprint density at radius 2 is 1.63 bits per heavy atom. The molecule has 1 rings (SSSR count). The summed E-state index contributed by atoms with van der Waals surface area (Å²) in [5.74, 6) is -1.51. The number of aliphatic hydroxyl groups is 1. The molecule has 0 saturated carbocycles. The molecule has 1 aromatic rings. The highest BCUT2D eigenvalue weighted by Gasteiger charge is 2.23. The maximum Gasteiger partial charge on any atom is 0.313 e. The number of hydrogen-bond donors (Lipinski definition) is 3. The van der Waals surface area contributed by atoms with Crippen LogP contribution in [0.2, 0.25) is 0 Å². The van der Waals surface area contributed by atoms with Crippen molar-refractivity contribution >= 4 is 17.5 Å². The van der Waals surface area contributed by atoms with E-state index in [0.29, 0.717) is 5.69 Å². The number of rotatable bonds is 3. The summed E-state index contributed by atoms with van der Waals surface area (Å²) in [6.07, 6.45) is 0. The van der Waals surface area contributed by atoms with Gasteiger partial charge in [-0.15, -0.1) is 0 Å². The summed E-state index contributed by atoms with van der Waals surface area (Å²) >= 11 is 0. The van der Waals surface area contributed by atoms with Crippen molar-refractivity contribution in [3.05, 3.63) is 29.3 Å². The van der Waals surface area contributed by atoms with E-state index in [9.17, 15) is 9.59 Å². The Balaban J connectivity index is 2.72. The van der Waals surface area contributed by atoms with Gasteiger partial charge in [0.1, 0.15) is 0 Å². The van der Waals surface area contributed by atoms with Gasteiger partial charge in [-0.3, -0.25) is 9.59 Å². The first kappa shape index (κ1) is 15.2. The van der Waals surface area contributed by atoms with Gasteiger partial charge in [0.2, 0.25) is 0 Å². The normalized spacial score (nSPS) is 11.0. The van der Waals surface area contributed by atoms with E-state index in [1.54, 1.807) is 26.0 Å². The quantitative estimate of drug-likeness (QED) is 0.716. The van der Waals surface area contributed by atoms with Crippen LogP contribution in [0.4, 0.5) is 5.69 Å². The van der Waals surface area contributed by atoms with Crippen molar-refractivity contribution < 1.29 is 14.7 Å². The van der Waals surface area contributed by atoms with Crippen LogP contribution in [-0.4, -0.2) is 29.1 Å². The maximum absolute atomic E-state index is 11.7. The Bertz CT molecular complexity index is 475. The summed E-state index contributed by atoms with van der Waals surface area (Å²) in [6, 6.07) is 5.55. The van der Waals surface area contributed by atoms with Gasteiger partial charge < -0.3 is 15.7 Å². The average molecular weight is 264 g/mol. The summed E-state index contributed by atoms with van der Waals surface area (Å²) in [5.41, 5.74) is 1.77. The molecule has 0 unspecified atom stereocenters. The van der Waals surface area contributed by atoms with Crippen molar-refractivity contribution in [2.45, 2.75) is 33.2 Å². The van der Waals surface area contributed by atoms with Crippen molar-refractivity contribution in [3.63, 3.8) is 0 Å². The second-order valence-electron chi connectivity index (χ2n) is 5.33. The fraction of sp³-hybridized carbons (Fsp3) is 0.429. The molecule has 2 amide bonds. The Morgan fingerprint density at radius 3 is 2.11 bits per heavy atom. The van der Waals surface area contributed by atoms with Gasteiger partial charge in [-0.2, -0.15) is 0 Å². The number of hydrogen-bond acceptors (Lipinski definition) is 3. The molecule has 0 heterocycles. The van der Waals surface area contributed by atoms with Gasteiger partial charge in [-0.1, -0.05) is 6.07 Å². The molecule has 5 heteroatoms. The van der Waals surface area contributed by atoms with Gasteiger partial charge >= 0.3 is 11.8 Å². The second-order valence-corrected chi connectivity index (χ2v) is 5.33. The minimum Gasteiger partial charge on any atom is -0.394 e. The van der Waals surface area contributed by atoms with Crippen LogP contribution in [0.3, 0.4) is 0 Å². The minimum absolute atomic E-state index is 0.241. The lowest BCUT2D eigenvalue weighted by Crippen LogP contribution is -2.50. The third-order valence-corrected chi connectivity index (χ3v) is 2.53. The standard InChI is InChI=1S/C14H20N2O3/c1-9-5-10(2)7-11(6-9)15-12(18)13(19)16-14(3,4)8-17/h5-7,17H,8H2,1-4H3,(H,15,18)(H,16,19). The molecule has 0 bridgehead atoms. The molecule has 0 spiro atoms. The summed E-state index contributed by atoms with van der Waals surface area (Å²) in [5, 5.41) is 14.0. The molecule has 0 aromatic heterocycles. The molecule has 3 N–H and O–H groups in total. The zero-order valence-electron chi connectivity index (χ0n) is 11.7. The SMILES string of the molecule is Cc1cc(C)cc(NC(=O)C(=O)NC(C)(C)CO)c1. The van der Waals surface area contributed by atoms with Gasteiger partial charge in [0, 0.05) is 5.69 Å². The number of anilines is 1. The predicted molar refractivity (Wildman–Crippen MR) is 73.9 cm³/mol. The lowest BCUT2D eigenvalue weighted by molar-refractivity contribution is -0.137. The highest BCUT2D eigenvalue weighted by molar-refractivity contribution is 6.39. The van der Waals surface area contributed by atoms with E-state index in [2.05, 4.69) is 10.6 Å². The third-order valence-electron chi connectivity index (χ3n) is 2.53. The van der Waals surface area contributed by atoms with Crippen LogP contribution >= 0.6 is 0 Å². The van der Waals surface area contributed by atoms with Crippen molar-refractivity contribution in [1.82, 2.24) is 5.32 Å². The summed E-state index contributed by atoms with van der Waals surface area (Å²) in [7, 11) is 0. The average Bonchev–Trinajstić information content (AvgIpc) is 2.26. The Morgan fingerprint density at radius 1 is 1.11 bits per heavy atom. The van der Waals surface area contributed by atoms with Gasteiger partial charge in [0.25, 0.3) is 0 Å². The van der Waals surface area contributed by atoms with Crippen LogP contribution in [-0.2, 0) is 9.59 Å². The fourth-order valence-corrected chi connectivity index (χ4v) is 1.64. The molecule has 104 valence electrons. The molecule has 0 atom stereocenters. The van der Waals surface area contributed by atoms with Crippen LogP contribution < -0.4 is 10.6 Å². The van der Waals surface area contributed by atoms with Crippen LogP contribution in [0.5, 0.6) is 0 Å². The number of carbonyl (C=O) groups excluding carboxylic acids is 2. The predicted octanol–water partition coefficient (Wildman–Crippen LogP) is 1.13. The van der Waals surface area contributed by atoms with Gasteiger partial charge in [0.15, 0.2) is 0 Å². The first-order valence-corrected chi connectivity index (χ1v) is 6.06. The van der Waals surface area contributed by atoms with Crippen LogP contribution in [0.15, 0.2) is 18.2 Å². The molecule has 5 nitrogen and oxygen atoms in total. The number of amides is 2. The second kappa shape index (κ2) is 5.84. The van der Waals surface area contributed by atoms with Crippen molar-refractivity contribution in [3.8, 4) is 0 Å². The molecule has 0 aliphatic rings. The minimum atomic E-state index is -0.822. The Kier molecular flexibility index (Phi) is 4.67. The van der Waals surface area contributed by atoms with E-state index in [1.165, 1.54) is 0 Å². The summed E-state index contributed by atoms with van der Waals surface area (Å²) in [4.78, 5) is 23.4. The Hall–Kier alpha value is -1.88. The van der Waals surface area contributed by atoms with E-state index in [-0.39, 0.29) is 6.61 Å². The van der Waals surface area contributed by atoms with E-state index < -0.39 is 17.4 Å². The van der Waals surface area contributed by atoms with Gasteiger partial charge in [0.05, 0.1) is 12.1 Å². The zero-order chi connectivity index (χ0) is 14.6. The molecule has 1 aromatic carbocycles. The fourth-order valence-electron chi connectivity index (χ4n) is 1.64. The first-order chi connectivity index (χ1) is 8.73. The number of aryl methyl sites for hydroxylation is 2. The van der Waals surface area contributed by atoms with Crippen molar-refractivity contribution in [2.75, 3.05) is 11.9 Å². The van der Waals surface area contributed by atoms with Gasteiger partial charge in [-0.05, 0) is 51.0 Å². The molecule has 0 radical (unpaired) electrons. The third kappa shape index (κ3) is 4.71. The summed E-state index contributed by atoms with van der Waals surface area (Å²) in [6.45, 7) is 6.86. The largest absolute Gasteiger partial charge is 0.394 e. The zero-order valence-corrected chi connectivity index (χ0v) is 11.7.